The molecule has 0 radical (unpaired) electrons. The Bertz CT molecular complexity index is 721. The van der Waals surface area contributed by atoms with E-state index in [0.717, 1.165) is 83.7 Å². The Morgan fingerprint density at radius 3 is 2.53 bits per heavy atom. The van der Waals surface area contributed by atoms with Crippen molar-refractivity contribution in [3.8, 4) is 0 Å². The van der Waals surface area contributed by atoms with Crippen molar-refractivity contribution in [1.29, 1.82) is 5.41 Å². The minimum absolute atomic E-state index is 0.0711. The van der Waals surface area contributed by atoms with Gasteiger partial charge in [-0.15, -0.1) is 0 Å². The molecule has 7 atom stereocenters. The van der Waals surface area contributed by atoms with Crippen molar-refractivity contribution in [3.63, 3.8) is 0 Å². The van der Waals surface area contributed by atoms with Crippen LogP contribution in [0.5, 0.6) is 0 Å². The second-order valence-corrected chi connectivity index (χ2v) is 12.3. The van der Waals surface area contributed by atoms with Gasteiger partial charge < -0.3 is 20.4 Å². The Kier molecular flexibility index (Phi) is 8.23. The van der Waals surface area contributed by atoms with Crippen LogP contribution in [0.15, 0.2) is 0 Å². The van der Waals surface area contributed by atoms with Crippen LogP contribution < -0.4 is 0 Å². The summed E-state index contributed by atoms with van der Waals surface area (Å²) in [7, 11) is 0. The van der Waals surface area contributed by atoms with E-state index < -0.39 is 5.60 Å². The Balaban J connectivity index is 1.57. The highest BCUT2D eigenvalue weighted by molar-refractivity contribution is 5.83. The van der Waals surface area contributed by atoms with Gasteiger partial charge in [0.15, 0.2) is 0 Å². The molecule has 3 aliphatic carbocycles. The first-order chi connectivity index (χ1) is 16.3. The van der Waals surface area contributed by atoms with Crippen LogP contribution >= 0.6 is 0 Å². The number of carbonyl (C=O) groups excluding carboxylic acids is 1. The van der Waals surface area contributed by atoms with Gasteiger partial charge in [0.05, 0.1) is 25.4 Å². The monoisotopic (exact) mass is 476 g/mol. The third-order valence-corrected chi connectivity index (χ3v) is 10.6. The summed E-state index contributed by atoms with van der Waals surface area (Å²) in [5.41, 5.74) is -0.971. The van der Waals surface area contributed by atoms with Crippen molar-refractivity contribution in [2.45, 2.75) is 90.1 Å². The van der Waals surface area contributed by atoms with Crippen LogP contribution in [0.3, 0.4) is 0 Å². The maximum absolute atomic E-state index is 13.4. The van der Waals surface area contributed by atoms with Crippen LogP contribution in [-0.2, 0) is 9.53 Å². The molecule has 194 valence electrons. The summed E-state index contributed by atoms with van der Waals surface area (Å²) in [6.45, 7) is 8.00. The van der Waals surface area contributed by atoms with E-state index in [2.05, 4.69) is 11.8 Å². The second-order valence-electron chi connectivity index (χ2n) is 12.3. The fourth-order valence-electron chi connectivity index (χ4n) is 8.41. The lowest BCUT2D eigenvalue weighted by Crippen LogP contribution is -2.57. The maximum atomic E-state index is 13.4. The molecule has 4 rings (SSSR count). The molecular formula is C28H48N2O4. The number of aliphatic hydroxyl groups excluding tert-OH is 1. The molecule has 4 aliphatic rings. The number of hydrogen-bond donors (Lipinski definition) is 3. The molecule has 0 aromatic rings. The van der Waals surface area contributed by atoms with E-state index in [1.54, 1.807) is 6.21 Å². The van der Waals surface area contributed by atoms with E-state index in [9.17, 15) is 15.0 Å². The molecule has 1 aliphatic heterocycles. The quantitative estimate of drug-likeness (QED) is 0.503. The lowest BCUT2D eigenvalue weighted by atomic mass is 9.45. The number of aliphatic hydroxyl groups is 2. The predicted molar refractivity (Wildman–Crippen MR) is 134 cm³/mol. The Hall–Kier alpha value is -0.820. The molecule has 6 heteroatoms. The van der Waals surface area contributed by atoms with E-state index in [1.807, 2.05) is 6.92 Å². The molecule has 0 aromatic carbocycles. The van der Waals surface area contributed by atoms with E-state index in [4.69, 9.17) is 10.1 Å². The number of rotatable bonds is 6. The number of ether oxygens (including phenoxy) is 1. The Morgan fingerprint density at radius 2 is 1.85 bits per heavy atom. The zero-order valence-corrected chi connectivity index (χ0v) is 21.6. The summed E-state index contributed by atoms with van der Waals surface area (Å²) >= 11 is 0. The number of ketones is 1. The fourth-order valence-corrected chi connectivity index (χ4v) is 8.41. The molecular weight excluding hydrogens is 428 g/mol. The van der Waals surface area contributed by atoms with Crippen LogP contribution in [0.1, 0.15) is 84.5 Å². The minimum atomic E-state index is -0.630. The zero-order chi connectivity index (χ0) is 24.4. The van der Waals surface area contributed by atoms with Gasteiger partial charge in [-0.3, -0.25) is 9.69 Å². The molecule has 6 nitrogen and oxygen atoms in total. The Labute approximate surface area is 206 Å². The van der Waals surface area contributed by atoms with Gasteiger partial charge in [-0.05, 0) is 94.3 Å². The largest absolute Gasteiger partial charge is 0.396 e. The first-order valence-electron chi connectivity index (χ1n) is 14.0. The van der Waals surface area contributed by atoms with E-state index >= 15 is 0 Å². The maximum Gasteiger partial charge on any atom is 0.149 e. The number of nitrogens with one attached hydrogen (secondary N) is 1. The molecule has 0 aromatic heterocycles. The van der Waals surface area contributed by atoms with Crippen LogP contribution in [0.2, 0.25) is 0 Å². The van der Waals surface area contributed by atoms with Crippen molar-refractivity contribution < 1.29 is 19.7 Å². The van der Waals surface area contributed by atoms with Crippen molar-refractivity contribution in [3.05, 3.63) is 0 Å². The minimum Gasteiger partial charge on any atom is -0.396 e. The van der Waals surface area contributed by atoms with Gasteiger partial charge in [-0.1, -0.05) is 13.3 Å². The number of nitrogens with zero attached hydrogens (tertiary/aromatic N) is 1. The topological polar surface area (TPSA) is 93.9 Å². The van der Waals surface area contributed by atoms with Crippen molar-refractivity contribution in [2.75, 3.05) is 39.5 Å². The molecule has 3 saturated carbocycles. The first kappa shape index (κ1) is 26.2. The van der Waals surface area contributed by atoms with Crippen molar-refractivity contribution in [1.82, 2.24) is 4.90 Å². The van der Waals surface area contributed by atoms with Crippen LogP contribution in [0.4, 0.5) is 0 Å². The van der Waals surface area contributed by atoms with Gasteiger partial charge in [0, 0.05) is 37.2 Å². The fraction of sp³-hybridized carbons (Fsp3) is 0.929. The first-order valence-corrected chi connectivity index (χ1v) is 14.0. The lowest BCUT2D eigenvalue weighted by molar-refractivity contribution is -0.152. The summed E-state index contributed by atoms with van der Waals surface area (Å²) in [5, 5.41) is 30.2. The lowest BCUT2D eigenvalue weighted by Gasteiger charge is -2.60. The number of fused-ring (bicyclic) bond motifs is 3. The molecule has 7 unspecified atom stereocenters. The number of morpholine rings is 1. The van der Waals surface area contributed by atoms with Gasteiger partial charge in [-0.25, -0.2) is 0 Å². The predicted octanol–water partition coefficient (Wildman–Crippen LogP) is 4.07. The van der Waals surface area contributed by atoms with E-state index in [0.29, 0.717) is 43.3 Å². The SMILES string of the molecule is CCC1(C=N)CCC(C(=O)CN2CCOCC2)CCCC2C1CCC1CC(C)(O)CCC12CO. The van der Waals surface area contributed by atoms with Crippen molar-refractivity contribution in [2.24, 2.45) is 34.5 Å². The Morgan fingerprint density at radius 1 is 1.09 bits per heavy atom. The number of Topliss-reactive ketones (excluding diaryl/α,β-unsaturated/α-hetero) is 1. The van der Waals surface area contributed by atoms with Gasteiger partial charge in [0.1, 0.15) is 5.78 Å². The molecule has 34 heavy (non-hydrogen) atoms. The molecule has 0 amide bonds. The summed E-state index contributed by atoms with van der Waals surface area (Å²) in [5.74, 6) is 1.53. The highest BCUT2D eigenvalue weighted by Crippen LogP contribution is 2.62. The van der Waals surface area contributed by atoms with Gasteiger partial charge in [0.25, 0.3) is 0 Å². The van der Waals surface area contributed by atoms with Crippen LogP contribution in [0, 0.1) is 39.9 Å². The zero-order valence-electron chi connectivity index (χ0n) is 21.6. The molecule has 0 bridgehead atoms. The molecule has 4 fully saturated rings. The van der Waals surface area contributed by atoms with Crippen molar-refractivity contribution >= 4 is 12.0 Å². The normalized spacial score (nSPS) is 44.1. The van der Waals surface area contributed by atoms with Crippen LogP contribution in [0.25, 0.3) is 0 Å². The number of carbonyl (C=O) groups is 1. The number of hydrogen-bond acceptors (Lipinski definition) is 6. The van der Waals surface area contributed by atoms with Gasteiger partial charge in [-0.2, -0.15) is 0 Å². The van der Waals surface area contributed by atoms with Crippen LogP contribution in [-0.4, -0.2) is 72.2 Å². The third-order valence-electron chi connectivity index (χ3n) is 10.6. The average molecular weight is 477 g/mol. The summed E-state index contributed by atoms with van der Waals surface area (Å²) in [4.78, 5) is 15.6. The second kappa shape index (κ2) is 10.7. The summed E-state index contributed by atoms with van der Waals surface area (Å²) < 4.78 is 5.45. The average Bonchev–Trinajstić information content (AvgIpc) is 2.92. The third kappa shape index (κ3) is 5.02. The molecule has 1 saturated heterocycles. The highest BCUT2D eigenvalue weighted by Gasteiger charge is 2.58. The standard InChI is InChI=1S/C28H48N2O4/c1-3-27(19-29)10-9-21(25(32)18-30-13-15-34-16-14-30)5-4-6-24-23(27)8-7-22-17-26(2,33)11-12-28(22,24)20-31/h19,21-24,29,31,33H,3-18,20H2,1-2H3. The molecule has 1 heterocycles. The summed E-state index contributed by atoms with van der Waals surface area (Å²) in [6.07, 6.45) is 11.9. The smallest absolute Gasteiger partial charge is 0.149 e. The molecule has 3 N–H and O–H groups in total. The molecule has 0 spiro atoms. The van der Waals surface area contributed by atoms with E-state index in [1.165, 1.54) is 0 Å². The summed E-state index contributed by atoms with van der Waals surface area (Å²) in [6, 6.07) is 0. The van der Waals surface area contributed by atoms with Gasteiger partial charge >= 0.3 is 0 Å². The van der Waals surface area contributed by atoms with E-state index in [-0.39, 0.29) is 23.4 Å². The highest BCUT2D eigenvalue weighted by atomic mass is 16.5. The van der Waals surface area contributed by atoms with Gasteiger partial charge in [0.2, 0.25) is 0 Å².